The Balaban J connectivity index is 1.63. The van der Waals surface area contributed by atoms with Gasteiger partial charge in [0.15, 0.2) is 5.75 Å². The topological polar surface area (TPSA) is 13.7 Å². The molecule has 4 heteroatoms. The number of likely N-dealkylation sites (tertiary alicyclic amines) is 1. The van der Waals surface area contributed by atoms with E-state index in [4.69, 9.17) is 27.9 Å². The Morgan fingerprint density at radius 1 is 1.00 bits per heavy atom. The molecule has 0 atom stereocenters. The first-order valence-electron chi connectivity index (χ1n) is 7.18. The Bertz CT molecular complexity index is 371. The Labute approximate surface area is 125 Å². The molecule has 19 heavy (non-hydrogen) atoms. The zero-order valence-electron chi connectivity index (χ0n) is 11.3. The zero-order valence-corrected chi connectivity index (χ0v) is 12.8. The fourth-order valence-electron chi connectivity index (χ4n) is 2.57. The lowest BCUT2D eigenvalue weighted by Gasteiger charge is -2.23. The fraction of sp³-hybridized carbons (Fsp3) is 0.600. The van der Waals surface area contributed by atoms with Crippen LogP contribution in [0.5, 0.6) is 5.75 Å². The molecule has 2 nitrogen and oxygen atoms in total. The highest BCUT2D eigenvalue weighted by molar-refractivity contribution is 6.37. The molecule has 1 N–H and O–H groups in total. The number of ether oxygens (including phenoxy) is 1. The molecule has 1 heterocycles. The van der Waals surface area contributed by atoms with Gasteiger partial charge in [-0.25, -0.2) is 0 Å². The number of unbranched alkanes of at least 4 members (excludes halogenated alkanes) is 1. The number of halogens is 2. The molecule has 0 radical (unpaired) electrons. The van der Waals surface area contributed by atoms with Crippen molar-refractivity contribution in [3.63, 3.8) is 0 Å². The summed E-state index contributed by atoms with van der Waals surface area (Å²) in [5, 5.41) is 1.18. The molecule has 1 fully saturated rings. The van der Waals surface area contributed by atoms with E-state index in [-0.39, 0.29) is 0 Å². The number of benzene rings is 1. The SMILES string of the molecule is Clc1cccc(Cl)c1OCCCC[NH+]1CCCCC1. The highest BCUT2D eigenvalue weighted by atomic mass is 35.5. The van der Waals surface area contributed by atoms with Gasteiger partial charge in [0.05, 0.1) is 36.3 Å². The number of hydrogen-bond donors (Lipinski definition) is 1. The van der Waals surface area contributed by atoms with Crippen LogP contribution >= 0.6 is 23.2 Å². The van der Waals surface area contributed by atoms with Crippen LogP contribution in [0.2, 0.25) is 10.0 Å². The number of rotatable bonds is 6. The maximum absolute atomic E-state index is 6.05. The van der Waals surface area contributed by atoms with Gasteiger partial charge in [0.25, 0.3) is 0 Å². The van der Waals surface area contributed by atoms with E-state index < -0.39 is 0 Å². The molecule has 0 saturated carbocycles. The quantitative estimate of drug-likeness (QED) is 0.797. The second-order valence-electron chi connectivity index (χ2n) is 5.17. The molecular weight excluding hydrogens is 281 g/mol. The van der Waals surface area contributed by atoms with Gasteiger partial charge in [-0.15, -0.1) is 0 Å². The van der Waals surface area contributed by atoms with Gasteiger partial charge in [-0.2, -0.15) is 0 Å². The summed E-state index contributed by atoms with van der Waals surface area (Å²) in [6.45, 7) is 4.64. The maximum Gasteiger partial charge on any atom is 0.156 e. The van der Waals surface area contributed by atoms with E-state index >= 15 is 0 Å². The molecule has 1 saturated heterocycles. The van der Waals surface area contributed by atoms with Crippen molar-refractivity contribution in [2.24, 2.45) is 0 Å². The monoisotopic (exact) mass is 302 g/mol. The summed E-state index contributed by atoms with van der Waals surface area (Å²) in [5.41, 5.74) is 0. The van der Waals surface area contributed by atoms with Gasteiger partial charge >= 0.3 is 0 Å². The van der Waals surface area contributed by atoms with Crippen LogP contribution in [-0.2, 0) is 0 Å². The van der Waals surface area contributed by atoms with E-state index in [1.807, 2.05) is 6.07 Å². The van der Waals surface area contributed by atoms with Crippen LogP contribution in [0.1, 0.15) is 32.1 Å². The summed E-state index contributed by atoms with van der Waals surface area (Å²) in [7, 11) is 0. The Hall–Kier alpha value is -0.440. The Morgan fingerprint density at radius 2 is 1.68 bits per heavy atom. The van der Waals surface area contributed by atoms with E-state index in [1.54, 1.807) is 17.0 Å². The van der Waals surface area contributed by atoms with Gasteiger partial charge in [-0.05, 0) is 44.2 Å². The highest BCUT2D eigenvalue weighted by Crippen LogP contribution is 2.32. The molecule has 1 aromatic carbocycles. The third kappa shape index (κ3) is 4.87. The van der Waals surface area contributed by atoms with Crippen molar-refractivity contribution in [1.29, 1.82) is 0 Å². The van der Waals surface area contributed by atoms with Crippen LogP contribution < -0.4 is 9.64 Å². The fourth-order valence-corrected chi connectivity index (χ4v) is 3.08. The minimum Gasteiger partial charge on any atom is -0.490 e. The van der Waals surface area contributed by atoms with Crippen molar-refractivity contribution in [1.82, 2.24) is 0 Å². The summed E-state index contributed by atoms with van der Waals surface area (Å²) in [6, 6.07) is 5.44. The van der Waals surface area contributed by atoms with Gasteiger partial charge in [0, 0.05) is 0 Å². The summed E-state index contributed by atoms with van der Waals surface area (Å²) in [5.74, 6) is 0.621. The average molecular weight is 303 g/mol. The summed E-state index contributed by atoms with van der Waals surface area (Å²) >= 11 is 12.1. The van der Waals surface area contributed by atoms with Crippen LogP contribution in [0.25, 0.3) is 0 Å². The lowest BCUT2D eigenvalue weighted by atomic mass is 10.1. The van der Waals surface area contributed by atoms with Crippen molar-refractivity contribution in [2.75, 3.05) is 26.2 Å². The van der Waals surface area contributed by atoms with Crippen molar-refractivity contribution >= 4 is 23.2 Å². The molecule has 1 aliphatic heterocycles. The van der Waals surface area contributed by atoms with Crippen LogP contribution in [-0.4, -0.2) is 26.2 Å². The van der Waals surface area contributed by atoms with Crippen LogP contribution in [0.3, 0.4) is 0 Å². The summed E-state index contributed by atoms with van der Waals surface area (Å²) in [4.78, 5) is 1.75. The second kappa shape index (κ2) is 7.98. The zero-order chi connectivity index (χ0) is 13.5. The van der Waals surface area contributed by atoms with Crippen LogP contribution in [0, 0.1) is 0 Å². The van der Waals surface area contributed by atoms with Crippen LogP contribution in [0.4, 0.5) is 0 Å². The summed E-state index contributed by atoms with van der Waals surface area (Å²) in [6.07, 6.45) is 6.46. The lowest BCUT2D eigenvalue weighted by Crippen LogP contribution is -3.12. The lowest BCUT2D eigenvalue weighted by molar-refractivity contribution is -0.905. The number of quaternary nitrogens is 1. The van der Waals surface area contributed by atoms with Crippen molar-refractivity contribution in [2.45, 2.75) is 32.1 Å². The first-order valence-corrected chi connectivity index (χ1v) is 7.93. The smallest absolute Gasteiger partial charge is 0.156 e. The number of nitrogens with one attached hydrogen (secondary N) is 1. The van der Waals surface area contributed by atoms with Gasteiger partial charge in [-0.1, -0.05) is 29.3 Å². The first kappa shape index (κ1) is 15.0. The molecule has 0 unspecified atom stereocenters. The average Bonchev–Trinajstić information content (AvgIpc) is 2.42. The van der Waals surface area contributed by atoms with Crippen molar-refractivity contribution in [3.05, 3.63) is 28.2 Å². The third-order valence-electron chi connectivity index (χ3n) is 3.65. The van der Waals surface area contributed by atoms with Gasteiger partial charge in [0.1, 0.15) is 0 Å². The molecule has 0 amide bonds. The maximum atomic E-state index is 6.05. The molecule has 2 rings (SSSR count). The standard InChI is InChI=1S/C15H21Cl2NO/c16-13-7-6-8-14(17)15(13)19-12-5-4-11-18-9-2-1-3-10-18/h6-8H,1-5,9-12H2/p+1. The van der Waals surface area contributed by atoms with E-state index in [0.29, 0.717) is 22.4 Å². The van der Waals surface area contributed by atoms with Crippen molar-refractivity contribution < 1.29 is 9.64 Å². The first-order chi connectivity index (χ1) is 9.27. The highest BCUT2D eigenvalue weighted by Gasteiger charge is 2.12. The number of hydrogen-bond acceptors (Lipinski definition) is 1. The van der Waals surface area contributed by atoms with Gasteiger partial charge < -0.3 is 9.64 Å². The summed E-state index contributed by atoms with van der Waals surface area (Å²) < 4.78 is 5.68. The molecule has 0 spiro atoms. The number of para-hydroxylation sites is 1. The van der Waals surface area contributed by atoms with E-state index in [2.05, 4.69) is 0 Å². The van der Waals surface area contributed by atoms with E-state index in [0.717, 1.165) is 6.42 Å². The minimum absolute atomic E-state index is 0.592. The largest absolute Gasteiger partial charge is 0.490 e. The van der Waals surface area contributed by atoms with Crippen LogP contribution in [0.15, 0.2) is 18.2 Å². The predicted molar refractivity (Wildman–Crippen MR) is 80.6 cm³/mol. The molecule has 0 aliphatic carbocycles. The molecule has 1 aromatic rings. The Morgan fingerprint density at radius 3 is 2.37 bits per heavy atom. The van der Waals surface area contributed by atoms with Gasteiger partial charge in [-0.3, -0.25) is 0 Å². The third-order valence-corrected chi connectivity index (χ3v) is 4.25. The molecule has 0 bridgehead atoms. The van der Waals surface area contributed by atoms with E-state index in [1.165, 1.54) is 45.3 Å². The molecule has 0 aromatic heterocycles. The normalized spacial score (nSPS) is 16.5. The second-order valence-corrected chi connectivity index (χ2v) is 5.98. The molecular formula is C15H22Cl2NO+. The van der Waals surface area contributed by atoms with Crippen molar-refractivity contribution in [3.8, 4) is 5.75 Å². The number of piperidine rings is 1. The Kier molecular flexibility index (Phi) is 6.29. The predicted octanol–water partition coefficient (Wildman–Crippen LogP) is 3.22. The van der Waals surface area contributed by atoms with Gasteiger partial charge in [0.2, 0.25) is 0 Å². The van der Waals surface area contributed by atoms with E-state index in [9.17, 15) is 0 Å². The molecule has 1 aliphatic rings. The minimum atomic E-state index is 0.592. The molecule has 106 valence electrons.